The van der Waals surface area contributed by atoms with Crippen LogP contribution in [-0.4, -0.2) is 11.2 Å². The van der Waals surface area contributed by atoms with Gasteiger partial charge < -0.3 is 13.4 Å². The summed E-state index contributed by atoms with van der Waals surface area (Å²) in [6.45, 7) is 12.9. The van der Waals surface area contributed by atoms with E-state index in [1.807, 2.05) is 13.0 Å². The van der Waals surface area contributed by atoms with Gasteiger partial charge in [0, 0.05) is 5.52 Å². The van der Waals surface area contributed by atoms with E-state index < -0.39 is 0 Å². The molecule has 0 aromatic heterocycles. The second-order valence-corrected chi connectivity index (χ2v) is 7.52. The minimum Gasteiger partial charge on any atom is -0.457 e. The molecule has 0 radical (unpaired) electrons. The Labute approximate surface area is 131 Å². The largest absolute Gasteiger partial charge is 1.00 e. The average Bonchev–Trinajstić information content (AvgIpc) is 2.27. The summed E-state index contributed by atoms with van der Waals surface area (Å²) in [5, 5.41) is 0. The number of hydrogen-bond acceptors (Lipinski definition) is 1. The third-order valence-electron chi connectivity index (χ3n) is 3.25. The van der Waals surface area contributed by atoms with Gasteiger partial charge in [-0.05, 0) is 29.0 Å². The monoisotopic (exact) mass is 270 g/mol. The number of carbonyl (C=O) groups is 1. The molecule has 1 aromatic carbocycles. The number of rotatable bonds is 4. The summed E-state index contributed by atoms with van der Waals surface area (Å²) in [5.74, 6) is 0. The van der Waals surface area contributed by atoms with Crippen LogP contribution in [0.1, 0.15) is 62.5 Å². The van der Waals surface area contributed by atoms with Crippen LogP contribution in [0.4, 0.5) is 0 Å². The molecule has 0 heterocycles. The molecule has 0 amide bonds. The van der Waals surface area contributed by atoms with Crippen molar-refractivity contribution in [2.24, 2.45) is 0 Å². The maximum atomic E-state index is 12.2. The summed E-state index contributed by atoms with van der Waals surface area (Å²) in [4.78, 5) is 12.2. The molecule has 1 nitrogen and oxygen atoms in total. The molecule has 1 atom stereocenters. The summed E-state index contributed by atoms with van der Waals surface area (Å²) in [7, 11) is 0.920. The molecular weight excluding hydrogens is 246 g/mol. The maximum Gasteiger partial charge on any atom is 1.00 e. The number of benzene rings is 1. The SMILES string of the molecule is CCC(C)[P-]C(=O)c1ccc(C(C)(C)C)cc1C.[Li+]. The van der Waals surface area contributed by atoms with Crippen molar-refractivity contribution in [3.63, 3.8) is 0 Å². The van der Waals surface area contributed by atoms with E-state index in [1.165, 1.54) is 5.56 Å². The van der Waals surface area contributed by atoms with E-state index in [2.05, 4.69) is 46.8 Å². The minimum atomic E-state index is 0. The molecule has 1 rings (SSSR count). The molecule has 0 bridgehead atoms. The van der Waals surface area contributed by atoms with E-state index in [4.69, 9.17) is 0 Å². The van der Waals surface area contributed by atoms with Crippen LogP contribution < -0.4 is 18.9 Å². The van der Waals surface area contributed by atoms with Gasteiger partial charge in [-0.2, -0.15) is 5.66 Å². The van der Waals surface area contributed by atoms with Crippen molar-refractivity contribution < 1.29 is 23.7 Å². The fourth-order valence-corrected chi connectivity index (χ4v) is 2.70. The summed E-state index contributed by atoms with van der Waals surface area (Å²) >= 11 is 0. The number of carbonyl (C=O) groups excluding carboxylic acids is 1. The van der Waals surface area contributed by atoms with Crippen molar-refractivity contribution in [3.8, 4) is 0 Å². The first kappa shape index (κ1) is 18.9. The van der Waals surface area contributed by atoms with Crippen LogP contribution in [0.3, 0.4) is 0 Å². The molecule has 0 aliphatic carbocycles. The van der Waals surface area contributed by atoms with E-state index in [-0.39, 0.29) is 29.8 Å². The molecular formula is C16H24LiOP. The van der Waals surface area contributed by atoms with Gasteiger partial charge in [-0.3, -0.25) is 0 Å². The first-order valence-corrected chi connectivity index (χ1v) is 7.58. The second kappa shape index (κ2) is 7.63. The molecule has 0 spiro atoms. The Kier molecular flexibility index (Phi) is 7.60. The zero-order valence-corrected chi connectivity index (χ0v) is 14.3. The Morgan fingerprint density at radius 2 is 1.89 bits per heavy atom. The van der Waals surface area contributed by atoms with Crippen molar-refractivity contribution >= 4 is 14.1 Å². The molecule has 1 unspecified atom stereocenters. The fraction of sp³-hybridized carbons (Fsp3) is 0.562. The molecule has 100 valence electrons. The van der Waals surface area contributed by atoms with E-state index in [0.717, 1.165) is 26.1 Å². The molecule has 0 saturated heterocycles. The first-order valence-electron chi connectivity index (χ1n) is 6.62. The minimum absolute atomic E-state index is 0. The smallest absolute Gasteiger partial charge is 0.457 e. The zero-order valence-electron chi connectivity index (χ0n) is 13.4. The molecule has 0 N–H and O–H groups in total. The third-order valence-corrected chi connectivity index (χ3v) is 4.53. The molecule has 0 saturated carbocycles. The van der Waals surface area contributed by atoms with Gasteiger partial charge in [0.2, 0.25) is 0 Å². The van der Waals surface area contributed by atoms with E-state index in [0.29, 0.717) is 5.66 Å². The molecule has 0 aliphatic rings. The van der Waals surface area contributed by atoms with Crippen molar-refractivity contribution in [3.05, 3.63) is 34.9 Å². The van der Waals surface area contributed by atoms with Crippen LogP contribution in [0.5, 0.6) is 0 Å². The predicted octanol–water partition coefficient (Wildman–Crippen LogP) is 2.18. The van der Waals surface area contributed by atoms with Gasteiger partial charge in [0.1, 0.15) is 0 Å². The Morgan fingerprint density at radius 3 is 2.32 bits per heavy atom. The molecule has 19 heavy (non-hydrogen) atoms. The van der Waals surface area contributed by atoms with Crippen LogP contribution in [0, 0.1) is 6.92 Å². The van der Waals surface area contributed by atoms with Gasteiger partial charge in [0.05, 0.1) is 0 Å². The van der Waals surface area contributed by atoms with Gasteiger partial charge in [-0.1, -0.05) is 59.2 Å². The standard InChI is InChI=1S/C16H24OP.Li/c1-7-12(3)18-15(17)14-9-8-13(10-11(14)2)16(4,5)6;/h8-10,12H,7H2,1-6H3;/q-1;+1. The van der Waals surface area contributed by atoms with E-state index in [1.54, 1.807) is 0 Å². The van der Waals surface area contributed by atoms with E-state index >= 15 is 0 Å². The van der Waals surface area contributed by atoms with Crippen molar-refractivity contribution in [2.75, 3.05) is 0 Å². The van der Waals surface area contributed by atoms with Crippen LogP contribution in [0.25, 0.3) is 0 Å². The van der Waals surface area contributed by atoms with Gasteiger partial charge >= 0.3 is 18.9 Å². The third kappa shape index (κ3) is 5.43. The van der Waals surface area contributed by atoms with Gasteiger partial charge in [-0.25, -0.2) is 0 Å². The maximum absolute atomic E-state index is 12.2. The average molecular weight is 270 g/mol. The zero-order chi connectivity index (χ0) is 13.9. The Bertz CT molecular complexity index is 435. The summed E-state index contributed by atoms with van der Waals surface area (Å²) in [6, 6.07) is 6.24. The summed E-state index contributed by atoms with van der Waals surface area (Å²) in [5.41, 5.74) is 4.10. The van der Waals surface area contributed by atoms with Crippen LogP contribution >= 0.6 is 8.58 Å². The van der Waals surface area contributed by atoms with Crippen LogP contribution in [0.2, 0.25) is 0 Å². The molecule has 0 aliphatic heterocycles. The number of aryl methyl sites for hydroxylation is 1. The predicted molar refractivity (Wildman–Crippen MR) is 80.9 cm³/mol. The van der Waals surface area contributed by atoms with Gasteiger partial charge in [0.25, 0.3) is 0 Å². The Morgan fingerprint density at radius 1 is 1.32 bits per heavy atom. The second-order valence-electron chi connectivity index (χ2n) is 5.97. The van der Waals surface area contributed by atoms with Gasteiger partial charge in [-0.15, -0.1) is 0 Å². The van der Waals surface area contributed by atoms with Crippen LogP contribution in [-0.2, 0) is 5.41 Å². The normalized spacial score (nSPS) is 13.4. The Balaban J connectivity index is 0.00000324. The molecule has 0 fully saturated rings. The molecule has 1 aromatic rings. The van der Waals surface area contributed by atoms with E-state index in [9.17, 15) is 4.79 Å². The van der Waals surface area contributed by atoms with Crippen molar-refractivity contribution in [1.82, 2.24) is 0 Å². The van der Waals surface area contributed by atoms with Crippen molar-refractivity contribution in [2.45, 2.75) is 59.0 Å². The first-order chi connectivity index (χ1) is 8.25. The number of hydrogen-bond donors (Lipinski definition) is 0. The topological polar surface area (TPSA) is 17.1 Å². The summed E-state index contributed by atoms with van der Waals surface area (Å²) < 4.78 is 0. The quantitative estimate of drug-likeness (QED) is 0.605. The van der Waals surface area contributed by atoms with Crippen LogP contribution in [0.15, 0.2) is 18.2 Å². The fourth-order valence-electron chi connectivity index (χ4n) is 1.73. The van der Waals surface area contributed by atoms with Crippen molar-refractivity contribution in [1.29, 1.82) is 0 Å². The Hall–Kier alpha value is -0.0826. The van der Waals surface area contributed by atoms with Gasteiger partial charge in [0.15, 0.2) is 0 Å². The summed E-state index contributed by atoms with van der Waals surface area (Å²) in [6.07, 6.45) is 1.05. The molecule has 3 heteroatoms.